The Labute approximate surface area is 220 Å². The lowest BCUT2D eigenvalue weighted by atomic mass is 10.0. The second kappa shape index (κ2) is 13.3. The number of fused-ring (bicyclic) bond motifs is 1. The molecule has 0 unspecified atom stereocenters. The highest BCUT2D eigenvalue weighted by atomic mass is 35.5. The quantitative estimate of drug-likeness (QED) is 0.230. The van der Waals surface area contributed by atoms with Gasteiger partial charge in [0.1, 0.15) is 0 Å². The fourth-order valence-corrected chi connectivity index (χ4v) is 4.06. The van der Waals surface area contributed by atoms with E-state index in [-0.39, 0.29) is 11.5 Å². The first-order chi connectivity index (χ1) is 17.4. The number of aliphatic imine (C=N–C) groups is 1. The molecule has 2 N–H and O–H groups in total. The molecule has 3 aromatic carbocycles. The molecule has 2 amide bonds. The van der Waals surface area contributed by atoms with Crippen molar-refractivity contribution in [1.29, 1.82) is 0 Å². The third kappa shape index (κ3) is 7.57. The molecular weight excluding hydrogens is 490 g/mol. The fraction of sp³-hybridized carbons (Fsp3) is 0.0690. The minimum atomic E-state index is -0.438. The van der Waals surface area contributed by atoms with Gasteiger partial charge in [-0.05, 0) is 49.6 Å². The summed E-state index contributed by atoms with van der Waals surface area (Å²) in [5.74, 6) is -0.806. The molecule has 0 saturated carbocycles. The van der Waals surface area contributed by atoms with E-state index in [4.69, 9.17) is 16.6 Å². The summed E-state index contributed by atoms with van der Waals surface area (Å²) in [6.45, 7) is 7.35. The Morgan fingerprint density at radius 1 is 0.944 bits per heavy atom. The largest absolute Gasteiger partial charge is 0.269 e. The first-order valence-electron chi connectivity index (χ1n) is 11.1. The van der Waals surface area contributed by atoms with Crippen molar-refractivity contribution in [1.82, 2.24) is 10.9 Å². The molecule has 0 bridgehead atoms. The van der Waals surface area contributed by atoms with E-state index in [2.05, 4.69) is 41.0 Å². The number of allylic oxidation sites excluding steroid dienone is 2. The molecule has 182 valence electrons. The molecule has 0 spiro atoms. The Morgan fingerprint density at radius 2 is 1.61 bits per heavy atom. The summed E-state index contributed by atoms with van der Waals surface area (Å²) in [5, 5.41) is 2.83. The van der Waals surface area contributed by atoms with Gasteiger partial charge in [0.2, 0.25) is 0 Å². The smallest absolute Gasteiger partial charge is 0.267 e. The minimum absolute atomic E-state index is 0.279. The maximum atomic E-state index is 11.6. The Kier molecular flexibility index (Phi) is 9.86. The average Bonchev–Trinajstić information content (AvgIpc) is 3.07. The van der Waals surface area contributed by atoms with Gasteiger partial charge >= 0.3 is 0 Å². The van der Waals surface area contributed by atoms with Gasteiger partial charge < -0.3 is 0 Å². The Bertz CT molecular complexity index is 1330. The van der Waals surface area contributed by atoms with Crippen LogP contribution in [0.1, 0.15) is 35.3 Å². The van der Waals surface area contributed by atoms with Crippen LogP contribution < -0.4 is 10.9 Å². The summed E-state index contributed by atoms with van der Waals surface area (Å²) in [6, 6.07) is 24.8. The molecule has 0 atom stereocenters. The van der Waals surface area contributed by atoms with Gasteiger partial charge in [0.05, 0.1) is 5.71 Å². The molecule has 0 aliphatic carbocycles. The summed E-state index contributed by atoms with van der Waals surface area (Å²) in [6.07, 6.45) is 3.25. The average molecular weight is 516 g/mol. The monoisotopic (exact) mass is 515 g/mol. The zero-order valence-electron chi connectivity index (χ0n) is 20.0. The van der Waals surface area contributed by atoms with E-state index in [0.717, 1.165) is 22.0 Å². The number of hydrazine groups is 1. The number of benzene rings is 3. The molecule has 4 rings (SSSR count). The number of hydrogen-bond acceptors (Lipinski definition) is 4. The molecule has 0 fully saturated rings. The van der Waals surface area contributed by atoms with Gasteiger partial charge in [-0.1, -0.05) is 90.6 Å². The van der Waals surface area contributed by atoms with Crippen LogP contribution in [0.15, 0.2) is 124 Å². The molecule has 1 aliphatic rings. The maximum Gasteiger partial charge on any atom is 0.269 e. The molecule has 0 saturated heterocycles. The topological polar surface area (TPSA) is 70.6 Å². The lowest BCUT2D eigenvalue weighted by Gasteiger charge is -2.09. The van der Waals surface area contributed by atoms with Gasteiger partial charge in [-0.25, -0.2) is 0 Å². The van der Waals surface area contributed by atoms with Crippen molar-refractivity contribution in [3.05, 3.63) is 136 Å². The number of amides is 2. The van der Waals surface area contributed by atoms with Crippen molar-refractivity contribution in [3.63, 3.8) is 0 Å². The number of carbonyl (C=O) groups excluding carboxylic acids is 2. The minimum Gasteiger partial charge on any atom is -0.267 e. The maximum absolute atomic E-state index is 11.6. The second-order valence-corrected chi connectivity index (χ2v) is 8.99. The van der Waals surface area contributed by atoms with Gasteiger partial charge in [0.15, 0.2) is 0 Å². The van der Waals surface area contributed by atoms with Crippen LogP contribution in [-0.4, -0.2) is 17.5 Å². The molecule has 5 nitrogen and oxygen atoms in total. The van der Waals surface area contributed by atoms with Crippen LogP contribution in [0.25, 0.3) is 0 Å². The van der Waals surface area contributed by atoms with Crippen LogP contribution in [0.2, 0.25) is 5.02 Å². The summed E-state index contributed by atoms with van der Waals surface area (Å²) < 4.78 is 0. The number of nitrogens with one attached hydrogen (secondary N) is 2. The van der Waals surface area contributed by atoms with Crippen molar-refractivity contribution in [3.8, 4) is 0 Å². The number of rotatable bonds is 4. The van der Waals surface area contributed by atoms with E-state index in [1.54, 1.807) is 55.1 Å². The Hall–Kier alpha value is -3.87. The molecule has 36 heavy (non-hydrogen) atoms. The third-order valence-corrected chi connectivity index (χ3v) is 6.21. The van der Waals surface area contributed by atoms with Crippen LogP contribution in [0.4, 0.5) is 0 Å². The fourth-order valence-electron chi connectivity index (χ4n) is 3.14. The zero-order chi connectivity index (χ0) is 25.9. The van der Waals surface area contributed by atoms with E-state index in [0.29, 0.717) is 5.56 Å². The lowest BCUT2D eigenvalue weighted by molar-refractivity contribution is -0.117. The molecule has 1 aliphatic heterocycles. The lowest BCUT2D eigenvalue weighted by Crippen LogP contribution is -2.41. The third-order valence-electron chi connectivity index (χ3n) is 4.89. The number of hydrogen-bond donors (Lipinski definition) is 2. The van der Waals surface area contributed by atoms with Gasteiger partial charge in [0.25, 0.3) is 11.8 Å². The highest BCUT2D eigenvalue weighted by Crippen LogP contribution is 2.31. The SMILES string of the molecule is C=C(/C=C\C)C(=O)NNC(=O)c1ccccc1.CC1=CSc2ccccc2C(c2ccc(Cl)cc2)=N1. The van der Waals surface area contributed by atoms with Gasteiger partial charge in [-0.15, -0.1) is 0 Å². The predicted molar refractivity (Wildman–Crippen MR) is 149 cm³/mol. The van der Waals surface area contributed by atoms with E-state index >= 15 is 0 Å². The number of nitrogens with zero attached hydrogens (tertiary/aromatic N) is 1. The molecule has 7 heteroatoms. The van der Waals surface area contributed by atoms with Crippen LogP contribution in [0, 0.1) is 0 Å². The van der Waals surface area contributed by atoms with Crippen molar-refractivity contribution < 1.29 is 9.59 Å². The van der Waals surface area contributed by atoms with Gasteiger partial charge in [-0.2, -0.15) is 0 Å². The van der Waals surface area contributed by atoms with Gasteiger partial charge in [0, 0.05) is 37.9 Å². The predicted octanol–water partition coefficient (Wildman–Crippen LogP) is 6.72. The zero-order valence-corrected chi connectivity index (χ0v) is 21.6. The summed E-state index contributed by atoms with van der Waals surface area (Å²) >= 11 is 7.67. The highest BCUT2D eigenvalue weighted by molar-refractivity contribution is 8.02. The van der Waals surface area contributed by atoms with Crippen molar-refractivity contribution in [2.24, 2.45) is 4.99 Å². The number of carbonyl (C=O) groups is 2. The van der Waals surface area contributed by atoms with Crippen LogP contribution >= 0.6 is 23.4 Å². The van der Waals surface area contributed by atoms with Crippen LogP contribution in [0.5, 0.6) is 0 Å². The van der Waals surface area contributed by atoms with E-state index < -0.39 is 5.91 Å². The van der Waals surface area contributed by atoms with E-state index in [1.165, 1.54) is 10.5 Å². The van der Waals surface area contributed by atoms with E-state index in [1.807, 2.05) is 43.3 Å². The first-order valence-corrected chi connectivity index (χ1v) is 12.4. The second-order valence-electron chi connectivity index (χ2n) is 7.64. The van der Waals surface area contributed by atoms with E-state index in [9.17, 15) is 9.59 Å². The molecule has 0 aromatic heterocycles. The molecule has 0 radical (unpaired) electrons. The summed E-state index contributed by atoms with van der Waals surface area (Å²) in [4.78, 5) is 28.9. The van der Waals surface area contributed by atoms with Crippen LogP contribution in [0.3, 0.4) is 0 Å². The molecule has 3 aromatic rings. The standard InChI is InChI=1S/C16H12ClNS.C13H14N2O2/c1-11-10-19-15-5-3-2-4-14(15)16(18-11)12-6-8-13(17)9-7-12;1-3-7-10(2)12(16)14-15-13(17)11-8-5-4-6-9-11/h2-10H,1H3;3-9H,2H2,1H3,(H,14,16)(H,15,17)/b;7-3-. The summed E-state index contributed by atoms with van der Waals surface area (Å²) in [7, 11) is 0. The van der Waals surface area contributed by atoms with Crippen molar-refractivity contribution >= 4 is 40.9 Å². The molecular formula is C29H26ClN3O2S. The normalized spacial score (nSPS) is 12.2. The summed E-state index contributed by atoms with van der Waals surface area (Å²) in [5.41, 5.74) is 9.62. The first kappa shape index (κ1) is 26.7. The van der Waals surface area contributed by atoms with Crippen molar-refractivity contribution in [2.75, 3.05) is 0 Å². The Balaban J connectivity index is 0.000000202. The Morgan fingerprint density at radius 3 is 2.31 bits per heavy atom. The highest BCUT2D eigenvalue weighted by Gasteiger charge is 2.14. The van der Waals surface area contributed by atoms with Gasteiger partial charge in [-0.3, -0.25) is 25.4 Å². The number of thioether (sulfide) groups is 1. The van der Waals surface area contributed by atoms with Crippen LogP contribution in [-0.2, 0) is 4.79 Å². The van der Waals surface area contributed by atoms with Crippen molar-refractivity contribution in [2.45, 2.75) is 18.7 Å². The molecule has 1 heterocycles. The number of halogens is 1.